The third-order valence-electron chi connectivity index (χ3n) is 5.69. The number of morpholine rings is 1. The van der Waals surface area contributed by atoms with Crippen LogP contribution in [0.4, 0.5) is 0 Å². The molecule has 0 bridgehead atoms. The number of aromatic nitrogens is 3. The highest BCUT2D eigenvalue weighted by atomic mass is 16.5. The molecule has 2 aliphatic heterocycles. The highest BCUT2D eigenvalue weighted by Crippen LogP contribution is 2.26. The lowest BCUT2D eigenvalue weighted by molar-refractivity contribution is -0.000949. The third-order valence-corrected chi connectivity index (χ3v) is 5.69. The zero-order valence-electron chi connectivity index (χ0n) is 14.6. The molecule has 4 rings (SSSR count). The van der Waals surface area contributed by atoms with Crippen LogP contribution in [0.25, 0.3) is 11.0 Å². The van der Waals surface area contributed by atoms with Crippen molar-refractivity contribution in [1.82, 2.24) is 25.2 Å². The van der Waals surface area contributed by atoms with Crippen molar-refractivity contribution >= 4 is 16.9 Å². The Labute approximate surface area is 147 Å². The minimum atomic E-state index is 0.0994. The van der Waals surface area contributed by atoms with Crippen LogP contribution in [0.2, 0.25) is 0 Å². The second kappa shape index (κ2) is 7.09. The molecule has 3 heterocycles. The molecular weight excluding hydrogens is 318 g/mol. The zero-order valence-corrected chi connectivity index (χ0v) is 14.6. The van der Waals surface area contributed by atoms with E-state index in [4.69, 9.17) is 4.74 Å². The van der Waals surface area contributed by atoms with Crippen molar-refractivity contribution in [2.75, 3.05) is 39.4 Å². The summed E-state index contributed by atoms with van der Waals surface area (Å²) in [6.07, 6.45) is 2.13. The molecular formula is C18H25N5O2. The maximum absolute atomic E-state index is 12.8. The van der Waals surface area contributed by atoms with Crippen molar-refractivity contribution in [3.8, 4) is 0 Å². The molecule has 1 N–H and O–H groups in total. The second-order valence-electron chi connectivity index (χ2n) is 7.05. The summed E-state index contributed by atoms with van der Waals surface area (Å²) in [6.45, 7) is 7.71. The maximum atomic E-state index is 12.8. The normalized spacial score (nSPS) is 21.6. The SMILES string of the molecule is CC(C1CCN(C(=O)c2ccc3n[nH]nc3c2)CC1)N1CCOCC1. The van der Waals surface area contributed by atoms with E-state index >= 15 is 0 Å². The fourth-order valence-corrected chi connectivity index (χ4v) is 4.02. The topological polar surface area (TPSA) is 74.4 Å². The standard InChI is InChI=1S/C18H25N5O2/c1-13(22-8-10-25-11-9-22)14-4-6-23(7-5-14)18(24)15-2-3-16-17(12-15)20-21-19-16/h2-3,12-14H,4-11H2,1H3,(H,19,20,21). The van der Waals surface area contributed by atoms with Gasteiger partial charge in [-0.1, -0.05) is 0 Å². The minimum Gasteiger partial charge on any atom is -0.379 e. The lowest BCUT2D eigenvalue weighted by Crippen LogP contribution is -2.49. The van der Waals surface area contributed by atoms with Crippen molar-refractivity contribution in [1.29, 1.82) is 0 Å². The van der Waals surface area contributed by atoms with Crippen LogP contribution >= 0.6 is 0 Å². The van der Waals surface area contributed by atoms with Crippen LogP contribution in [0.3, 0.4) is 0 Å². The van der Waals surface area contributed by atoms with Gasteiger partial charge in [0.2, 0.25) is 0 Å². The van der Waals surface area contributed by atoms with Gasteiger partial charge in [-0.15, -0.1) is 0 Å². The lowest BCUT2D eigenvalue weighted by Gasteiger charge is -2.41. The molecule has 134 valence electrons. The van der Waals surface area contributed by atoms with Crippen molar-refractivity contribution in [3.63, 3.8) is 0 Å². The van der Waals surface area contributed by atoms with E-state index in [1.807, 2.05) is 23.1 Å². The molecule has 0 spiro atoms. The number of likely N-dealkylation sites (tertiary alicyclic amines) is 1. The molecule has 2 aliphatic rings. The third kappa shape index (κ3) is 3.39. The fourth-order valence-electron chi connectivity index (χ4n) is 4.02. The first kappa shape index (κ1) is 16.5. The molecule has 2 aromatic rings. The number of carbonyl (C=O) groups excluding carboxylic acids is 1. The number of rotatable bonds is 3. The first-order chi connectivity index (χ1) is 12.2. The predicted molar refractivity (Wildman–Crippen MR) is 94.4 cm³/mol. The van der Waals surface area contributed by atoms with Gasteiger partial charge in [-0.3, -0.25) is 9.69 Å². The molecule has 25 heavy (non-hydrogen) atoms. The Morgan fingerprint density at radius 3 is 2.64 bits per heavy atom. The highest BCUT2D eigenvalue weighted by molar-refractivity contribution is 5.97. The smallest absolute Gasteiger partial charge is 0.253 e. The van der Waals surface area contributed by atoms with Gasteiger partial charge in [-0.25, -0.2) is 0 Å². The van der Waals surface area contributed by atoms with Crippen LogP contribution in [0.1, 0.15) is 30.1 Å². The van der Waals surface area contributed by atoms with Crippen molar-refractivity contribution in [2.24, 2.45) is 5.92 Å². The molecule has 1 atom stereocenters. The summed E-state index contributed by atoms with van der Waals surface area (Å²) in [6, 6.07) is 6.08. The Morgan fingerprint density at radius 1 is 1.16 bits per heavy atom. The van der Waals surface area contributed by atoms with Gasteiger partial charge in [0.05, 0.1) is 13.2 Å². The molecule has 0 radical (unpaired) electrons. The largest absolute Gasteiger partial charge is 0.379 e. The van der Waals surface area contributed by atoms with Crippen LogP contribution in [0.5, 0.6) is 0 Å². The Kier molecular flexibility index (Phi) is 4.67. The lowest BCUT2D eigenvalue weighted by atomic mass is 9.89. The zero-order chi connectivity index (χ0) is 17.2. The monoisotopic (exact) mass is 343 g/mol. The fraction of sp³-hybridized carbons (Fsp3) is 0.611. The highest BCUT2D eigenvalue weighted by Gasteiger charge is 2.30. The quantitative estimate of drug-likeness (QED) is 0.915. The number of nitrogens with one attached hydrogen (secondary N) is 1. The summed E-state index contributed by atoms with van der Waals surface area (Å²) < 4.78 is 5.45. The molecule has 7 nitrogen and oxygen atoms in total. The average Bonchev–Trinajstić information content (AvgIpc) is 3.15. The molecule has 2 fully saturated rings. The summed E-state index contributed by atoms with van der Waals surface area (Å²) in [5, 5.41) is 10.7. The van der Waals surface area contributed by atoms with Gasteiger partial charge in [0.25, 0.3) is 5.91 Å². The van der Waals surface area contributed by atoms with Crippen LogP contribution in [0, 0.1) is 5.92 Å². The van der Waals surface area contributed by atoms with Gasteiger partial charge in [-0.05, 0) is 43.9 Å². The van der Waals surface area contributed by atoms with Crippen LogP contribution in [0.15, 0.2) is 18.2 Å². The van der Waals surface area contributed by atoms with Gasteiger partial charge in [-0.2, -0.15) is 15.4 Å². The number of carbonyl (C=O) groups is 1. The summed E-state index contributed by atoms with van der Waals surface area (Å²) >= 11 is 0. The van der Waals surface area contributed by atoms with Crippen LogP contribution < -0.4 is 0 Å². The number of piperidine rings is 1. The van der Waals surface area contributed by atoms with Crippen molar-refractivity contribution in [2.45, 2.75) is 25.8 Å². The van der Waals surface area contributed by atoms with Gasteiger partial charge in [0.1, 0.15) is 11.0 Å². The number of aromatic amines is 1. The Balaban J connectivity index is 1.36. The molecule has 0 saturated carbocycles. The summed E-state index contributed by atoms with van der Waals surface area (Å²) in [5.41, 5.74) is 2.22. The number of H-pyrrole nitrogens is 1. The summed E-state index contributed by atoms with van der Waals surface area (Å²) in [5.74, 6) is 0.752. The van der Waals surface area contributed by atoms with Gasteiger partial charge >= 0.3 is 0 Å². The minimum absolute atomic E-state index is 0.0994. The summed E-state index contributed by atoms with van der Waals surface area (Å²) in [4.78, 5) is 17.3. The molecule has 1 amide bonds. The molecule has 2 saturated heterocycles. The van der Waals surface area contributed by atoms with Gasteiger partial charge < -0.3 is 9.64 Å². The van der Waals surface area contributed by atoms with E-state index in [-0.39, 0.29) is 5.91 Å². The number of hydrogen-bond donors (Lipinski definition) is 1. The van der Waals surface area contributed by atoms with E-state index in [9.17, 15) is 4.79 Å². The van der Waals surface area contributed by atoms with E-state index in [0.29, 0.717) is 17.5 Å². The number of hydrogen-bond acceptors (Lipinski definition) is 5. The first-order valence-electron chi connectivity index (χ1n) is 9.14. The molecule has 1 aromatic carbocycles. The Hall–Kier alpha value is -1.99. The molecule has 1 unspecified atom stereocenters. The molecule has 1 aromatic heterocycles. The number of fused-ring (bicyclic) bond motifs is 1. The van der Waals surface area contributed by atoms with E-state index in [1.54, 1.807) is 0 Å². The Morgan fingerprint density at radius 2 is 1.88 bits per heavy atom. The number of nitrogens with zero attached hydrogens (tertiary/aromatic N) is 4. The van der Waals surface area contributed by atoms with Crippen molar-refractivity contribution in [3.05, 3.63) is 23.8 Å². The second-order valence-corrected chi connectivity index (χ2v) is 7.05. The van der Waals surface area contributed by atoms with Crippen LogP contribution in [-0.2, 0) is 4.74 Å². The number of amides is 1. The first-order valence-corrected chi connectivity index (χ1v) is 9.14. The molecule has 7 heteroatoms. The van der Waals surface area contributed by atoms with Crippen LogP contribution in [-0.4, -0.2) is 76.6 Å². The van der Waals surface area contributed by atoms with E-state index in [1.165, 1.54) is 0 Å². The number of ether oxygens (including phenoxy) is 1. The van der Waals surface area contributed by atoms with Crippen molar-refractivity contribution < 1.29 is 9.53 Å². The average molecular weight is 343 g/mol. The Bertz CT molecular complexity index is 732. The van der Waals surface area contributed by atoms with Gasteiger partial charge in [0, 0.05) is 37.8 Å². The molecule has 0 aliphatic carbocycles. The van der Waals surface area contributed by atoms with Gasteiger partial charge in [0.15, 0.2) is 0 Å². The summed E-state index contributed by atoms with van der Waals surface area (Å²) in [7, 11) is 0. The van der Waals surface area contributed by atoms with E-state index < -0.39 is 0 Å². The maximum Gasteiger partial charge on any atom is 0.253 e. The number of benzene rings is 1. The van der Waals surface area contributed by atoms with E-state index in [0.717, 1.165) is 63.3 Å². The predicted octanol–water partition coefficient (Wildman–Crippen LogP) is 1.53. The van der Waals surface area contributed by atoms with E-state index in [2.05, 4.69) is 27.2 Å².